The Morgan fingerprint density at radius 2 is 1.69 bits per heavy atom. The summed E-state index contributed by atoms with van der Waals surface area (Å²) >= 11 is 1.49. The summed E-state index contributed by atoms with van der Waals surface area (Å²) in [6.45, 7) is 3.18. The first kappa shape index (κ1) is 25.8. The standard InChI is InChI=1S/C26H34N4O3S2/c1-19-9-8-12-23-24(19)27-26(34-23)30(18-17-28(2)3)25(31)20-13-15-22(16-14-20)35(32,33)29(4)21-10-6-5-7-11-21/h8-9,12-16,21H,5-7,10-11,17-18H2,1-4H3. The number of para-hydroxylation sites is 1. The van der Waals surface area contributed by atoms with Crippen LogP contribution in [0, 0.1) is 6.92 Å². The van der Waals surface area contributed by atoms with Crippen LogP contribution in [0.1, 0.15) is 48.0 Å². The minimum absolute atomic E-state index is 0.0408. The van der Waals surface area contributed by atoms with E-state index in [1.807, 2.05) is 44.1 Å². The van der Waals surface area contributed by atoms with Crippen LogP contribution in [0.3, 0.4) is 0 Å². The van der Waals surface area contributed by atoms with Crippen LogP contribution in [0.15, 0.2) is 47.4 Å². The van der Waals surface area contributed by atoms with Gasteiger partial charge in [-0.1, -0.05) is 42.7 Å². The molecule has 1 saturated carbocycles. The molecule has 0 saturated heterocycles. The number of likely N-dealkylation sites (N-methyl/N-ethyl adjacent to an activating group) is 1. The van der Waals surface area contributed by atoms with E-state index >= 15 is 0 Å². The first-order valence-electron chi connectivity index (χ1n) is 12.1. The fourth-order valence-corrected chi connectivity index (χ4v) is 6.99. The van der Waals surface area contributed by atoms with Crippen LogP contribution in [-0.4, -0.2) is 68.8 Å². The molecule has 9 heteroatoms. The molecule has 0 aliphatic heterocycles. The second kappa shape index (κ2) is 10.7. The van der Waals surface area contributed by atoms with Crippen molar-refractivity contribution in [2.24, 2.45) is 0 Å². The van der Waals surface area contributed by atoms with E-state index in [0.29, 0.717) is 23.8 Å². The molecule has 7 nitrogen and oxygen atoms in total. The van der Waals surface area contributed by atoms with Crippen LogP contribution in [0.2, 0.25) is 0 Å². The highest BCUT2D eigenvalue weighted by Crippen LogP contribution is 2.32. The summed E-state index contributed by atoms with van der Waals surface area (Å²) in [5.41, 5.74) is 2.42. The van der Waals surface area contributed by atoms with Crippen LogP contribution in [0.5, 0.6) is 0 Å². The molecule has 0 radical (unpaired) electrons. The van der Waals surface area contributed by atoms with Gasteiger partial charge in [0.25, 0.3) is 5.91 Å². The van der Waals surface area contributed by atoms with Gasteiger partial charge in [0.1, 0.15) is 0 Å². The normalized spacial score (nSPS) is 15.3. The number of benzene rings is 2. The topological polar surface area (TPSA) is 73.8 Å². The molecule has 4 rings (SSSR count). The Bertz CT molecular complexity index is 1280. The fraction of sp³-hybridized carbons (Fsp3) is 0.462. The molecular formula is C26H34N4O3S2. The van der Waals surface area contributed by atoms with Gasteiger partial charge in [-0.15, -0.1) is 0 Å². The third-order valence-corrected chi connectivity index (χ3v) is 9.69. The molecule has 1 fully saturated rings. The number of thiazole rings is 1. The van der Waals surface area contributed by atoms with Gasteiger partial charge in [0, 0.05) is 31.7 Å². The predicted octanol–water partition coefficient (Wildman–Crippen LogP) is 4.77. The van der Waals surface area contributed by atoms with E-state index in [1.165, 1.54) is 22.1 Å². The lowest BCUT2D eigenvalue weighted by atomic mass is 9.96. The summed E-state index contributed by atoms with van der Waals surface area (Å²) in [7, 11) is 2.00. The van der Waals surface area contributed by atoms with Crippen molar-refractivity contribution < 1.29 is 13.2 Å². The molecule has 0 atom stereocenters. The smallest absolute Gasteiger partial charge is 0.260 e. The van der Waals surface area contributed by atoms with E-state index in [-0.39, 0.29) is 16.8 Å². The number of carbonyl (C=O) groups is 1. The predicted molar refractivity (Wildman–Crippen MR) is 143 cm³/mol. The molecule has 1 aromatic heterocycles. The van der Waals surface area contributed by atoms with Gasteiger partial charge in [-0.25, -0.2) is 13.4 Å². The van der Waals surface area contributed by atoms with E-state index in [1.54, 1.807) is 36.2 Å². The Morgan fingerprint density at radius 3 is 2.31 bits per heavy atom. The zero-order valence-electron chi connectivity index (χ0n) is 20.9. The monoisotopic (exact) mass is 514 g/mol. The van der Waals surface area contributed by atoms with Crippen LogP contribution in [0.25, 0.3) is 10.2 Å². The number of fused-ring (bicyclic) bond motifs is 1. The highest BCUT2D eigenvalue weighted by Gasteiger charge is 2.29. The number of anilines is 1. The number of hydrogen-bond donors (Lipinski definition) is 0. The molecule has 1 aliphatic rings. The van der Waals surface area contributed by atoms with Crippen molar-refractivity contribution in [3.8, 4) is 0 Å². The molecule has 1 amide bonds. The molecule has 0 spiro atoms. The van der Waals surface area contributed by atoms with Gasteiger partial charge in [-0.05, 0) is 69.8 Å². The van der Waals surface area contributed by atoms with Crippen molar-refractivity contribution in [2.45, 2.75) is 50.0 Å². The zero-order valence-corrected chi connectivity index (χ0v) is 22.5. The SMILES string of the molecule is Cc1cccc2sc(N(CCN(C)C)C(=O)c3ccc(S(=O)(=O)N(C)C4CCCCC4)cc3)nc12. The number of rotatable bonds is 8. The van der Waals surface area contributed by atoms with E-state index < -0.39 is 10.0 Å². The summed E-state index contributed by atoms with van der Waals surface area (Å²) in [4.78, 5) is 22.3. The van der Waals surface area contributed by atoms with Gasteiger partial charge in [0.05, 0.1) is 15.1 Å². The van der Waals surface area contributed by atoms with Crippen LogP contribution < -0.4 is 4.90 Å². The lowest BCUT2D eigenvalue weighted by Gasteiger charge is -2.30. The van der Waals surface area contributed by atoms with Crippen LogP contribution in [0.4, 0.5) is 5.13 Å². The van der Waals surface area contributed by atoms with E-state index in [9.17, 15) is 13.2 Å². The van der Waals surface area contributed by atoms with E-state index in [4.69, 9.17) is 4.98 Å². The summed E-state index contributed by atoms with van der Waals surface area (Å²) < 4.78 is 28.9. The number of aryl methyl sites for hydroxylation is 1. The third-order valence-electron chi connectivity index (χ3n) is 6.72. The lowest BCUT2D eigenvalue weighted by Crippen LogP contribution is -2.38. The molecule has 1 heterocycles. The molecular weight excluding hydrogens is 480 g/mol. The molecule has 0 bridgehead atoms. The van der Waals surface area contributed by atoms with Crippen molar-refractivity contribution in [1.29, 1.82) is 0 Å². The summed E-state index contributed by atoms with van der Waals surface area (Å²) in [5.74, 6) is -0.187. The van der Waals surface area contributed by atoms with Crippen molar-refractivity contribution in [1.82, 2.24) is 14.2 Å². The van der Waals surface area contributed by atoms with Gasteiger partial charge in [0.15, 0.2) is 5.13 Å². The van der Waals surface area contributed by atoms with Gasteiger partial charge >= 0.3 is 0 Å². The van der Waals surface area contributed by atoms with Gasteiger partial charge in [0.2, 0.25) is 10.0 Å². The minimum atomic E-state index is -3.61. The van der Waals surface area contributed by atoms with Crippen molar-refractivity contribution in [3.63, 3.8) is 0 Å². The average molecular weight is 515 g/mol. The molecule has 0 N–H and O–H groups in total. The van der Waals surface area contributed by atoms with Gasteiger partial charge in [-0.3, -0.25) is 9.69 Å². The molecule has 0 unspecified atom stereocenters. The molecule has 1 aliphatic carbocycles. The maximum atomic E-state index is 13.6. The lowest BCUT2D eigenvalue weighted by molar-refractivity contribution is 0.0985. The van der Waals surface area contributed by atoms with E-state index in [0.717, 1.165) is 41.5 Å². The number of carbonyl (C=O) groups excluding carboxylic acids is 1. The average Bonchev–Trinajstić information content (AvgIpc) is 3.29. The summed E-state index contributed by atoms with van der Waals surface area (Å²) in [5, 5.41) is 0.648. The van der Waals surface area contributed by atoms with Crippen molar-refractivity contribution >= 4 is 42.6 Å². The Balaban J connectivity index is 1.60. The largest absolute Gasteiger partial charge is 0.308 e. The maximum Gasteiger partial charge on any atom is 0.260 e. The minimum Gasteiger partial charge on any atom is -0.308 e. The van der Waals surface area contributed by atoms with Crippen LogP contribution in [-0.2, 0) is 10.0 Å². The molecule has 35 heavy (non-hydrogen) atoms. The Labute approximate surface area is 212 Å². The van der Waals surface area contributed by atoms with E-state index in [2.05, 4.69) is 0 Å². The second-order valence-electron chi connectivity index (χ2n) is 9.52. The fourth-order valence-electron chi connectivity index (χ4n) is 4.51. The van der Waals surface area contributed by atoms with Gasteiger partial charge < -0.3 is 4.90 Å². The number of aromatic nitrogens is 1. The zero-order chi connectivity index (χ0) is 25.2. The Kier molecular flexibility index (Phi) is 7.90. The maximum absolute atomic E-state index is 13.6. The van der Waals surface area contributed by atoms with Gasteiger partial charge in [-0.2, -0.15) is 4.31 Å². The molecule has 2 aromatic carbocycles. The highest BCUT2D eigenvalue weighted by atomic mass is 32.2. The summed E-state index contributed by atoms with van der Waals surface area (Å²) in [6, 6.07) is 12.4. The van der Waals surface area contributed by atoms with Crippen molar-refractivity contribution in [3.05, 3.63) is 53.6 Å². The Hall–Kier alpha value is -2.33. The molecule has 188 valence electrons. The first-order chi connectivity index (χ1) is 16.7. The number of nitrogens with zero attached hydrogens (tertiary/aromatic N) is 4. The first-order valence-corrected chi connectivity index (χ1v) is 14.3. The highest BCUT2D eigenvalue weighted by molar-refractivity contribution is 7.89. The second-order valence-corrected chi connectivity index (χ2v) is 12.5. The molecule has 3 aromatic rings. The quantitative estimate of drug-likeness (QED) is 0.433. The Morgan fingerprint density at radius 1 is 1.00 bits per heavy atom. The number of amides is 1. The third kappa shape index (κ3) is 5.58. The number of hydrogen-bond acceptors (Lipinski definition) is 6. The summed E-state index contributed by atoms with van der Waals surface area (Å²) in [6.07, 6.45) is 5.08. The number of sulfonamides is 1. The van der Waals surface area contributed by atoms with Crippen LogP contribution >= 0.6 is 11.3 Å². The van der Waals surface area contributed by atoms with Crippen molar-refractivity contribution in [2.75, 3.05) is 39.1 Å².